The van der Waals surface area contributed by atoms with Gasteiger partial charge in [0.05, 0.1) is 23.8 Å². The SMILES string of the molecule is CC1=C(C#N)C(c2ccco2)CC(=O)N1. The summed E-state index contributed by atoms with van der Waals surface area (Å²) < 4.78 is 5.24. The van der Waals surface area contributed by atoms with Crippen molar-refractivity contribution in [1.82, 2.24) is 5.32 Å². The van der Waals surface area contributed by atoms with E-state index in [0.717, 1.165) is 0 Å². The number of allylic oxidation sites excluding steroid dienone is 2. The van der Waals surface area contributed by atoms with Crippen molar-refractivity contribution >= 4 is 5.91 Å². The highest BCUT2D eigenvalue weighted by molar-refractivity contribution is 5.81. The van der Waals surface area contributed by atoms with Crippen LogP contribution in [0.3, 0.4) is 0 Å². The van der Waals surface area contributed by atoms with Gasteiger partial charge in [0, 0.05) is 12.1 Å². The zero-order valence-electron chi connectivity index (χ0n) is 8.28. The lowest BCUT2D eigenvalue weighted by atomic mass is 9.89. The summed E-state index contributed by atoms with van der Waals surface area (Å²) in [4.78, 5) is 11.3. The van der Waals surface area contributed by atoms with E-state index in [2.05, 4.69) is 11.4 Å². The molecular weight excluding hydrogens is 192 g/mol. The highest BCUT2D eigenvalue weighted by Crippen LogP contribution is 2.32. The lowest BCUT2D eigenvalue weighted by Gasteiger charge is -2.21. The molecule has 0 fully saturated rings. The molecule has 0 spiro atoms. The number of nitrogens with one attached hydrogen (secondary N) is 1. The van der Waals surface area contributed by atoms with Crippen LogP contribution in [-0.2, 0) is 4.79 Å². The minimum absolute atomic E-state index is 0.0760. The molecule has 0 aliphatic carbocycles. The molecule has 1 N–H and O–H groups in total. The predicted octanol–water partition coefficient (Wildman–Crippen LogP) is 1.68. The molecule has 1 aromatic rings. The molecule has 1 amide bonds. The van der Waals surface area contributed by atoms with Crippen molar-refractivity contribution in [3.8, 4) is 6.07 Å². The first-order valence-electron chi connectivity index (χ1n) is 4.66. The third-order valence-corrected chi connectivity index (χ3v) is 2.48. The molecule has 1 aromatic heterocycles. The van der Waals surface area contributed by atoms with Crippen LogP contribution in [0.25, 0.3) is 0 Å². The van der Waals surface area contributed by atoms with Gasteiger partial charge in [-0.1, -0.05) is 0 Å². The molecule has 0 aromatic carbocycles. The molecule has 0 saturated carbocycles. The highest BCUT2D eigenvalue weighted by atomic mass is 16.3. The third-order valence-electron chi connectivity index (χ3n) is 2.48. The Bertz CT molecular complexity index is 451. The molecule has 4 nitrogen and oxygen atoms in total. The minimum Gasteiger partial charge on any atom is -0.469 e. The summed E-state index contributed by atoms with van der Waals surface area (Å²) >= 11 is 0. The summed E-state index contributed by atoms with van der Waals surface area (Å²) in [5.41, 5.74) is 1.19. The number of carbonyl (C=O) groups excluding carboxylic acids is 1. The minimum atomic E-state index is -0.237. The summed E-state index contributed by atoms with van der Waals surface area (Å²) in [6, 6.07) is 5.66. The van der Waals surface area contributed by atoms with E-state index in [-0.39, 0.29) is 18.2 Å². The van der Waals surface area contributed by atoms with E-state index in [9.17, 15) is 4.79 Å². The van der Waals surface area contributed by atoms with Crippen molar-refractivity contribution in [2.45, 2.75) is 19.3 Å². The molecule has 0 radical (unpaired) electrons. The molecule has 2 heterocycles. The third kappa shape index (κ3) is 1.64. The van der Waals surface area contributed by atoms with E-state index in [1.807, 2.05) is 0 Å². The summed E-state index contributed by atoms with van der Waals surface area (Å²) in [5.74, 6) is 0.354. The highest BCUT2D eigenvalue weighted by Gasteiger charge is 2.29. The van der Waals surface area contributed by atoms with Gasteiger partial charge in [0.25, 0.3) is 0 Å². The standard InChI is InChI=1S/C11H10N2O2/c1-7-9(6-12)8(5-11(14)13-7)10-3-2-4-15-10/h2-4,8H,5H2,1H3,(H,13,14). The molecular formula is C11H10N2O2. The van der Waals surface area contributed by atoms with Crippen molar-refractivity contribution in [2.24, 2.45) is 0 Å². The summed E-state index contributed by atoms with van der Waals surface area (Å²) in [5, 5.41) is 11.7. The van der Waals surface area contributed by atoms with E-state index in [4.69, 9.17) is 9.68 Å². The van der Waals surface area contributed by atoms with Crippen LogP contribution in [0.2, 0.25) is 0 Å². The quantitative estimate of drug-likeness (QED) is 0.753. The van der Waals surface area contributed by atoms with Crippen LogP contribution >= 0.6 is 0 Å². The van der Waals surface area contributed by atoms with Gasteiger partial charge in [0.2, 0.25) is 5.91 Å². The Hall–Kier alpha value is -2.02. The first kappa shape index (κ1) is 9.53. The number of hydrogen-bond donors (Lipinski definition) is 1. The molecule has 1 aliphatic heterocycles. The zero-order valence-corrected chi connectivity index (χ0v) is 8.28. The zero-order chi connectivity index (χ0) is 10.8. The van der Waals surface area contributed by atoms with E-state index in [0.29, 0.717) is 17.0 Å². The Morgan fingerprint density at radius 2 is 2.47 bits per heavy atom. The maximum absolute atomic E-state index is 11.3. The first-order valence-corrected chi connectivity index (χ1v) is 4.66. The fourth-order valence-electron chi connectivity index (χ4n) is 1.77. The topological polar surface area (TPSA) is 66.0 Å². The van der Waals surface area contributed by atoms with Crippen LogP contribution < -0.4 is 5.32 Å². The Balaban J connectivity index is 2.43. The van der Waals surface area contributed by atoms with Gasteiger partial charge in [-0.2, -0.15) is 5.26 Å². The average Bonchev–Trinajstić information content (AvgIpc) is 2.69. The van der Waals surface area contributed by atoms with Gasteiger partial charge in [0.15, 0.2) is 0 Å². The second-order valence-corrected chi connectivity index (χ2v) is 3.47. The number of hydrogen-bond acceptors (Lipinski definition) is 3. The Morgan fingerprint density at radius 1 is 1.67 bits per heavy atom. The van der Waals surface area contributed by atoms with Crippen LogP contribution in [0, 0.1) is 11.3 Å². The number of nitriles is 1. The van der Waals surface area contributed by atoms with Gasteiger partial charge in [0.1, 0.15) is 5.76 Å². The molecule has 76 valence electrons. The first-order chi connectivity index (χ1) is 7.22. The average molecular weight is 202 g/mol. The summed E-state index contributed by atoms with van der Waals surface area (Å²) in [6.07, 6.45) is 1.82. The molecule has 0 bridgehead atoms. The number of amides is 1. The second kappa shape index (κ2) is 3.62. The molecule has 2 rings (SSSR count). The molecule has 1 aliphatic rings. The maximum Gasteiger partial charge on any atom is 0.225 e. The summed E-state index contributed by atoms with van der Waals surface area (Å²) in [6.45, 7) is 1.73. The van der Waals surface area contributed by atoms with E-state index < -0.39 is 0 Å². The molecule has 15 heavy (non-hydrogen) atoms. The van der Waals surface area contributed by atoms with Crippen molar-refractivity contribution in [2.75, 3.05) is 0 Å². The molecule has 0 saturated heterocycles. The van der Waals surface area contributed by atoms with Gasteiger partial charge in [-0.25, -0.2) is 0 Å². The predicted molar refractivity (Wildman–Crippen MR) is 52.5 cm³/mol. The monoisotopic (exact) mass is 202 g/mol. The van der Waals surface area contributed by atoms with Crippen LogP contribution in [0.1, 0.15) is 25.0 Å². The lowest BCUT2D eigenvalue weighted by molar-refractivity contribution is -0.121. The van der Waals surface area contributed by atoms with Crippen molar-refractivity contribution in [3.63, 3.8) is 0 Å². The fraction of sp³-hybridized carbons (Fsp3) is 0.273. The van der Waals surface area contributed by atoms with Gasteiger partial charge >= 0.3 is 0 Å². The lowest BCUT2D eigenvalue weighted by Crippen LogP contribution is -2.30. The number of rotatable bonds is 1. The normalized spacial score (nSPS) is 21.1. The van der Waals surface area contributed by atoms with Gasteiger partial charge in [-0.15, -0.1) is 0 Å². The van der Waals surface area contributed by atoms with E-state index in [1.165, 1.54) is 0 Å². The van der Waals surface area contributed by atoms with Crippen LogP contribution in [0.4, 0.5) is 0 Å². The number of nitrogens with zero attached hydrogens (tertiary/aromatic N) is 1. The summed E-state index contributed by atoms with van der Waals surface area (Å²) in [7, 11) is 0. The molecule has 1 atom stereocenters. The van der Waals surface area contributed by atoms with Gasteiger partial charge in [-0.3, -0.25) is 4.79 Å². The second-order valence-electron chi connectivity index (χ2n) is 3.47. The largest absolute Gasteiger partial charge is 0.469 e. The Morgan fingerprint density at radius 3 is 3.07 bits per heavy atom. The van der Waals surface area contributed by atoms with Crippen LogP contribution in [0.15, 0.2) is 34.1 Å². The smallest absolute Gasteiger partial charge is 0.225 e. The van der Waals surface area contributed by atoms with Gasteiger partial charge in [-0.05, 0) is 19.1 Å². The van der Waals surface area contributed by atoms with Gasteiger partial charge < -0.3 is 9.73 Å². The Kier molecular flexibility index (Phi) is 2.30. The fourth-order valence-corrected chi connectivity index (χ4v) is 1.77. The van der Waals surface area contributed by atoms with Crippen molar-refractivity contribution in [1.29, 1.82) is 5.26 Å². The van der Waals surface area contributed by atoms with E-state index in [1.54, 1.807) is 25.3 Å². The van der Waals surface area contributed by atoms with Crippen LogP contribution in [0.5, 0.6) is 0 Å². The van der Waals surface area contributed by atoms with Crippen molar-refractivity contribution in [3.05, 3.63) is 35.4 Å². The van der Waals surface area contributed by atoms with E-state index >= 15 is 0 Å². The maximum atomic E-state index is 11.3. The molecule has 4 heteroatoms. The van der Waals surface area contributed by atoms with Crippen LogP contribution in [-0.4, -0.2) is 5.91 Å². The van der Waals surface area contributed by atoms with Crippen molar-refractivity contribution < 1.29 is 9.21 Å². The number of furan rings is 1. The number of carbonyl (C=O) groups is 1. The molecule has 1 unspecified atom stereocenters. The Labute approximate surface area is 87.2 Å².